The highest BCUT2D eigenvalue weighted by Crippen LogP contribution is 2.33. The number of imidazole rings is 1. The summed E-state index contributed by atoms with van der Waals surface area (Å²) >= 11 is 7.67. The summed E-state index contributed by atoms with van der Waals surface area (Å²) in [5.74, 6) is -0.255. The van der Waals surface area contributed by atoms with Crippen molar-refractivity contribution in [2.75, 3.05) is 11.4 Å². The van der Waals surface area contributed by atoms with Gasteiger partial charge in [0.05, 0.1) is 21.5 Å². The molecular formula is C23H21Cl2N5O3S. The predicted molar refractivity (Wildman–Crippen MR) is 138 cm³/mol. The Morgan fingerprint density at radius 2 is 2.15 bits per heavy atom. The Kier molecular flexibility index (Phi) is 8.38. The minimum atomic E-state index is -0.462. The molecule has 4 rings (SSSR count). The minimum absolute atomic E-state index is 0. The van der Waals surface area contributed by atoms with Crippen molar-refractivity contribution < 1.29 is 9.72 Å². The number of rotatable bonds is 8. The lowest BCUT2D eigenvalue weighted by Gasteiger charge is -2.18. The molecule has 0 aliphatic carbocycles. The highest BCUT2D eigenvalue weighted by atomic mass is 35.5. The Hall–Kier alpha value is -3.27. The fourth-order valence-electron chi connectivity index (χ4n) is 3.33. The first-order chi connectivity index (χ1) is 15.9. The van der Waals surface area contributed by atoms with Gasteiger partial charge in [0, 0.05) is 48.7 Å². The maximum Gasteiger partial charge on any atom is 0.270 e. The van der Waals surface area contributed by atoms with E-state index in [0.29, 0.717) is 35.2 Å². The lowest BCUT2D eigenvalue weighted by molar-refractivity contribution is -0.384. The van der Waals surface area contributed by atoms with Crippen LogP contribution in [-0.2, 0) is 11.3 Å². The summed E-state index contributed by atoms with van der Waals surface area (Å²) in [6.07, 6.45) is 9.01. The number of aromatic nitrogens is 3. The summed E-state index contributed by atoms with van der Waals surface area (Å²) in [6.45, 7) is 3.05. The number of fused-ring (bicyclic) bond motifs is 1. The Morgan fingerprint density at radius 3 is 2.88 bits per heavy atom. The molecule has 2 aromatic carbocycles. The van der Waals surface area contributed by atoms with Gasteiger partial charge in [-0.1, -0.05) is 35.1 Å². The molecule has 0 atom stereocenters. The van der Waals surface area contributed by atoms with Gasteiger partial charge in [-0.3, -0.25) is 19.8 Å². The van der Waals surface area contributed by atoms with Crippen LogP contribution in [0.15, 0.2) is 61.2 Å². The topological polar surface area (TPSA) is 94.2 Å². The van der Waals surface area contributed by atoms with Crippen LogP contribution in [0.5, 0.6) is 0 Å². The Morgan fingerprint density at radius 1 is 1.32 bits per heavy atom. The number of amides is 1. The van der Waals surface area contributed by atoms with Gasteiger partial charge in [0.15, 0.2) is 5.13 Å². The number of hydrogen-bond acceptors (Lipinski definition) is 6. The zero-order valence-electron chi connectivity index (χ0n) is 18.1. The van der Waals surface area contributed by atoms with E-state index in [9.17, 15) is 14.9 Å². The average molecular weight is 518 g/mol. The van der Waals surface area contributed by atoms with Gasteiger partial charge in [-0.15, -0.1) is 12.4 Å². The number of carbonyl (C=O) groups is 1. The van der Waals surface area contributed by atoms with E-state index in [0.717, 1.165) is 15.8 Å². The Labute approximate surface area is 211 Å². The maximum absolute atomic E-state index is 13.2. The number of anilines is 1. The monoisotopic (exact) mass is 517 g/mol. The molecule has 1 amide bonds. The van der Waals surface area contributed by atoms with Crippen LogP contribution in [-0.4, -0.2) is 31.9 Å². The molecule has 2 heterocycles. The van der Waals surface area contributed by atoms with Crippen molar-refractivity contribution in [1.29, 1.82) is 0 Å². The number of nitro groups is 1. The van der Waals surface area contributed by atoms with Gasteiger partial charge in [-0.2, -0.15) is 0 Å². The van der Waals surface area contributed by atoms with E-state index in [4.69, 9.17) is 16.6 Å². The van der Waals surface area contributed by atoms with Crippen molar-refractivity contribution in [3.8, 4) is 0 Å². The normalized spacial score (nSPS) is 11.0. The third kappa shape index (κ3) is 5.80. The highest BCUT2D eigenvalue weighted by molar-refractivity contribution is 7.22. The first kappa shape index (κ1) is 25.4. The molecule has 0 N–H and O–H groups in total. The van der Waals surface area contributed by atoms with Crippen molar-refractivity contribution in [1.82, 2.24) is 14.5 Å². The molecule has 176 valence electrons. The molecule has 0 saturated carbocycles. The lowest BCUT2D eigenvalue weighted by Crippen LogP contribution is -2.30. The number of nitro benzene ring substituents is 1. The lowest BCUT2D eigenvalue weighted by atomic mass is 10.2. The van der Waals surface area contributed by atoms with Gasteiger partial charge >= 0.3 is 0 Å². The molecule has 4 aromatic rings. The Bertz CT molecular complexity index is 1340. The minimum Gasteiger partial charge on any atom is -0.337 e. The van der Waals surface area contributed by atoms with Gasteiger partial charge in [-0.25, -0.2) is 9.97 Å². The molecular weight excluding hydrogens is 497 g/mol. The van der Waals surface area contributed by atoms with Crippen LogP contribution in [0.4, 0.5) is 10.8 Å². The van der Waals surface area contributed by atoms with E-state index in [1.54, 1.807) is 35.6 Å². The summed E-state index contributed by atoms with van der Waals surface area (Å²) in [5.41, 5.74) is 2.19. The van der Waals surface area contributed by atoms with Crippen molar-refractivity contribution in [3.63, 3.8) is 0 Å². The van der Waals surface area contributed by atoms with Crippen molar-refractivity contribution in [2.24, 2.45) is 0 Å². The van der Waals surface area contributed by atoms with Crippen LogP contribution in [0.2, 0.25) is 5.02 Å². The third-order valence-electron chi connectivity index (χ3n) is 5.09. The number of nitrogens with zero attached hydrogens (tertiary/aromatic N) is 5. The molecule has 0 bridgehead atoms. The molecule has 34 heavy (non-hydrogen) atoms. The molecule has 0 saturated heterocycles. The van der Waals surface area contributed by atoms with E-state index in [2.05, 4.69) is 4.98 Å². The quantitative estimate of drug-likeness (QED) is 0.164. The fraction of sp³-hybridized carbons (Fsp3) is 0.174. The van der Waals surface area contributed by atoms with E-state index in [1.165, 1.54) is 29.5 Å². The summed E-state index contributed by atoms with van der Waals surface area (Å²) in [6, 6.07) is 9.87. The predicted octanol–water partition coefficient (Wildman–Crippen LogP) is 5.92. The standard InChI is InChI=1S/C23H20ClN5O3S.ClH/c1-16-19(24)7-8-20-22(16)26-23(33-20)28(12-3-11-27-13-10-25-15-27)21(30)9-6-17-4-2-5-18(14-17)29(31)32;/h2,4-10,13-15H,3,11-12H2,1H3;1H/b9-6+;. The number of hydrogen-bond donors (Lipinski definition) is 0. The van der Waals surface area contributed by atoms with Gasteiger partial charge < -0.3 is 4.57 Å². The van der Waals surface area contributed by atoms with Crippen LogP contribution in [0, 0.1) is 17.0 Å². The molecule has 0 aliphatic heterocycles. The molecule has 0 radical (unpaired) electrons. The Balaban J connectivity index is 0.00000324. The van der Waals surface area contributed by atoms with E-state index in [1.807, 2.05) is 29.8 Å². The van der Waals surface area contributed by atoms with Crippen LogP contribution < -0.4 is 4.90 Å². The molecule has 8 nitrogen and oxygen atoms in total. The number of non-ortho nitro benzene ring substituents is 1. The number of aryl methyl sites for hydroxylation is 2. The zero-order chi connectivity index (χ0) is 23.4. The molecule has 0 spiro atoms. The summed E-state index contributed by atoms with van der Waals surface area (Å²) < 4.78 is 2.89. The molecule has 2 aromatic heterocycles. The number of carbonyl (C=O) groups excluding carboxylic acids is 1. The van der Waals surface area contributed by atoms with Crippen LogP contribution in [0.3, 0.4) is 0 Å². The second kappa shape index (κ2) is 11.2. The van der Waals surface area contributed by atoms with Gasteiger partial charge in [0.1, 0.15) is 0 Å². The second-order valence-electron chi connectivity index (χ2n) is 7.34. The van der Waals surface area contributed by atoms with Crippen molar-refractivity contribution >= 4 is 68.4 Å². The van der Waals surface area contributed by atoms with E-state index < -0.39 is 4.92 Å². The van der Waals surface area contributed by atoms with Crippen molar-refractivity contribution in [3.05, 3.63) is 87.5 Å². The third-order valence-corrected chi connectivity index (χ3v) is 6.54. The largest absolute Gasteiger partial charge is 0.337 e. The number of halogens is 2. The van der Waals surface area contributed by atoms with Gasteiger partial charge in [0.25, 0.3) is 11.6 Å². The molecule has 0 unspecified atom stereocenters. The maximum atomic E-state index is 13.2. The van der Waals surface area contributed by atoms with Gasteiger partial charge in [0.2, 0.25) is 0 Å². The summed E-state index contributed by atoms with van der Waals surface area (Å²) in [7, 11) is 0. The van der Waals surface area contributed by atoms with Crippen LogP contribution in [0.1, 0.15) is 17.5 Å². The molecule has 0 aliphatic rings. The fourth-order valence-corrected chi connectivity index (χ4v) is 4.54. The zero-order valence-corrected chi connectivity index (χ0v) is 20.5. The van der Waals surface area contributed by atoms with Gasteiger partial charge in [-0.05, 0) is 42.7 Å². The SMILES string of the molecule is Cc1c(Cl)ccc2sc(N(CCCn3ccnc3)C(=O)/C=C/c3cccc([N+](=O)[O-])c3)nc12.Cl. The first-order valence-corrected chi connectivity index (χ1v) is 11.4. The van der Waals surface area contributed by atoms with Crippen LogP contribution in [0.25, 0.3) is 16.3 Å². The molecule has 0 fully saturated rings. The van der Waals surface area contributed by atoms with E-state index in [-0.39, 0.29) is 24.0 Å². The second-order valence-corrected chi connectivity index (χ2v) is 8.76. The number of benzene rings is 2. The summed E-state index contributed by atoms with van der Waals surface area (Å²) in [4.78, 5) is 34.1. The number of thiazole rings is 1. The average Bonchev–Trinajstić information content (AvgIpc) is 3.48. The highest BCUT2D eigenvalue weighted by Gasteiger charge is 2.19. The first-order valence-electron chi connectivity index (χ1n) is 10.2. The summed E-state index contributed by atoms with van der Waals surface area (Å²) in [5, 5.41) is 12.2. The van der Waals surface area contributed by atoms with E-state index >= 15 is 0 Å². The molecule has 11 heteroatoms. The smallest absolute Gasteiger partial charge is 0.270 e. The van der Waals surface area contributed by atoms with Crippen molar-refractivity contribution in [2.45, 2.75) is 19.9 Å². The van der Waals surface area contributed by atoms with Crippen LogP contribution >= 0.6 is 35.3 Å².